The molecular weight excluding hydrogens is 240 g/mol. The van der Waals surface area contributed by atoms with E-state index in [4.69, 9.17) is 4.74 Å². The first-order valence-electron chi connectivity index (χ1n) is 7.52. The molecule has 0 spiro atoms. The van der Waals surface area contributed by atoms with Gasteiger partial charge in [0.15, 0.2) is 5.75 Å². The Morgan fingerprint density at radius 1 is 1.21 bits per heavy atom. The Bertz CT molecular complexity index is 328. The minimum atomic E-state index is -0.469. The monoisotopic (exact) mass is 268 g/mol. The van der Waals surface area contributed by atoms with Crippen LogP contribution in [-0.4, -0.2) is 22.0 Å². The van der Waals surface area contributed by atoms with E-state index >= 15 is 0 Å². The highest BCUT2D eigenvalue weighted by atomic mass is 16.5. The van der Waals surface area contributed by atoms with E-state index in [0.29, 0.717) is 5.75 Å². The smallest absolute Gasteiger partial charge is 0.162 e. The Labute approximate surface area is 116 Å². The van der Waals surface area contributed by atoms with Gasteiger partial charge in [0.2, 0.25) is 0 Å². The Balaban J connectivity index is 2.40. The number of unbranched alkanes of at least 4 members (excludes halogenated alkanes) is 5. The molecule has 0 bridgehead atoms. The number of ether oxygens (including phenoxy) is 1. The van der Waals surface area contributed by atoms with E-state index in [1.165, 1.54) is 32.1 Å². The van der Waals surface area contributed by atoms with Crippen LogP contribution >= 0.6 is 0 Å². The molecule has 1 rings (SSSR count). The normalized spacial score (nSPS) is 12.6. The summed E-state index contributed by atoms with van der Waals surface area (Å²) in [6, 6.07) is 0. The standard InChI is InChI=1S/C15H28N2O2/c1-4-6-7-8-9-10-11-13(18)15-14(19-3)12-16-17(15)5-2/h12-13,18H,4-11H2,1-3H3. The zero-order valence-corrected chi connectivity index (χ0v) is 12.6. The van der Waals surface area contributed by atoms with Crippen LogP contribution in [0.5, 0.6) is 5.75 Å². The molecule has 1 aromatic rings. The fourth-order valence-electron chi connectivity index (χ4n) is 2.38. The number of aromatic nitrogens is 2. The van der Waals surface area contributed by atoms with Crippen molar-refractivity contribution in [3.8, 4) is 5.75 Å². The molecule has 4 heteroatoms. The van der Waals surface area contributed by atoms with Gasteiger partial charge in [-0.1, -0.05) is 45.4 Å². The lowest BCUT2D eigenvalue weighted by Gasteiger charge is -2.14. The van der Waals surface area contributed by atoms with Gasteiger partial charge in [-0.3, -0.25) is 4.68 Å². The number of rotatable bonds is 10. The second-order valence-electron chi connectivity index (χ2n) is 4.99. The molecular formula is C15H28N2O2. The summed E-state index contributed by atoms with van der Waals surface area (Å²) in [7, 11) is 1.62. The number of aliphatic hydroxyl groups excluding tert-OH is 1. The summed E-state index contributed by atoms with van der Waals surface area (Å²) < 4.78 is 7.09. The number of aryl methyl sites for hydroxylation is 1. The molecule has 0 amide bonds. The van der Waals surface area contributed by atoms with Gasteiger partial charge in [0.1, 0.15) is 5.69 Å². The van der Waals surface area contributed by atoms with Crippen molar-refractivity contribution >= 4 is 0 Å². The van der Waals surface area contributed by atoms with Crippen LogP contribution in [0.25, 0.3) is 0 Å². The van der Waals surface area contributed by atoms with Gasteiger partial charge in [-0.15, -0.1) is 0 Å². The Hall–Kier alpha value is -1.03. The van der Waals surface area contributed by atoms with Gasteiger partial charge in [0.25, 0.3) is 0 Å². The van der Waals surface area contributed by atoms with E-state index in [-0.39, 0.29) is 0 Å². The van der Waals surface area contributed by atoms with Crippen molar-refractivity contribution in [2.45, 2.75) is 71.4 Å². The lowest BCUT2D eigenvalue weighted by atomic mass is 10.1. The second kappa shape index (κ2) is 8.97. The molecule has 0 fully saturated rings. The number of hydrogen-bond acceptors (Lipinski definition) is 3. The first kappa shape index (κ1) is 16.0. The van der Waals surface area contributed by atoms with Crippen molar-refractivity contribution in [3.63, 3.8) is 0 Å². The van der Waals surface area contributed by atoms with Crippen LogP contribution in [0.1, 0.15) is 70.6 Å². The Morgan fingerprint density at radius 3 is 2.53 bits per heavy atom. The van der Waals surface area contributed by atoms with Crippen LogP contribution in [-0.2, 0) is 6.54 Å². The third kappa shape index (κ3) is 4.86. The van der Waals surface area contributed by atoms with E-state index in [1.54, 1.807) is 13.3 Å². The van der Waals surface area contributed by atoms with Crippen molar-refractivity contribution in [1.29, 1.82) is 0 Å². The van der Waals surface area contributed by atoms with E-state index in [0.717, 1.165) is 25.1 Å². The predicted molar refractivity (Wildman–Crippen MR) is 77.4 cm³/mol. The van der Waals surface area contributed by atoms with E-state index in [1.807, 2.05) is 11.6 Å². The summed E-state index contributed by atoms with van der Waals surface area (Å²) >= 11 is 0. The lowest BCUT2D eigenvalue weighted by molar-refractivity contribution is 0.148. The van der Waals surface area contributed by atoms with Gasteiger partial charge in [-0.25, -0.2) is 0 Å². The quantitative estimate of drug-likeness (QED) is 0.658. The van der Waals surface area contributed by atoms with Gasteiger partial charge in [-0.2, -0.15) is 5.10 Å². The van der Waals surface area contributed by atoms with Crippen molar-refractivity contribution in [1.82, 2.24) is 9.78 Å². The van der Waals surface area contributed by atoms with Gasteiger partial charge < -0.3 is 9.84 Å². The number of hydrogen-bond donors (Lipinski definition) is 1. The van der Waals surface area contributed by atoms with Crippen LogP contribution in [0.4, 0.5) is 0 Å². The topological polar surface area (TPSA) is 47.3 Å². The molecule has 0 radical (unpaired) electrons. The fourth-order valence-corrected chi connectivity index (χ4v) is 2.38. The second-order valence-corrected chi connectivity index (χ2v) is 4.99. The molecule has 1 N–H and O–H groups in total. The highest BCUT2D eigenvalue weighted by molar-refractivity contribution is 5.27. The maximum atomic E-state index is 10.3. The Kier molecular flexibility index (Phi) is 7.56. The maximum absolute atomic E-state index is 10.3. The zero-order valence-electron chi connectivity index (χ0n) is 12.6. The van der Waals surface area contributed by atoms with Gasteiger partial charge in [0, 0.05) is 6.54 Å². The third-order valence-electron chi connectivity index (χ3n) is 3.51. The lowest BCUT2D eigenvalue weighted by Crippen LogP contribution is -2.09. The molecule has 19 heavy (non-hydrogen) atoms. The minimum Gasteiger partial charge on any atom is -0.493 e. The van der Waals surface area contributed by atoms with Crippen LogP contribution in [0.2, 0.25) is 0 Å². The maximum Gasteiger partial charge on any atom is 0.162 e. The van der Waals surface area contributed by atoms with E-state index in [2.05, 4.69) is 12.0 Å². The largest absolute Gasteiger partial charge is 0.493 e. The van der Waals surface area contributed by atoms with Crippen molar-refractivity contribution < 1.29 is 9.84 Å². The highest BCUT2D eigenvalue weighted by Crippen LogP contribution is 2.28. The molecule has 0 aliphatic carbocycles. The van der Waals surface area contributed by atoms with Gasteiger partial charge in [0.05, 0.1) is 19.4 Å². The van der Waals surface area contributed by atoms with Crippen LogP contribution in [0.15, 0.2) is 6.20 Å². The molecule has 0 saturated carbocycles. The van der Waals surface area contributed by atoms with Gasteiger partial charge >= 0.3 is 0 Å². The number of methoxy groups -OCH3 is 1. The van der Waals surface area contributed by atoms with Crippen LogP contribution < -0.4 is 4.74 Å². The van der Waals surface area contributed by atoms with Crippen molar-refractivity contribution in [2.75, 3.05) is 7.11 Å². The third-order valence-corrected chi connectivity index (χ3v) is 3.51. The molecule has 1 atom stereocenters. The molecule has 4 nitrogen and oxygen atoms in total. The average Bonchev–Trinajstić information content (AvgIpc) is 2.85. The number of aliphatic hydroxyl groups is 1. The molecule has 0 saturated heterocycles. The summed E-state index contributed by atoms with van der Waals surface area (Å²) in [6.07, 6.45) is 9.42. The predicted octanol–water partition coefficient (Wildman–Crippen LogP) is 3.70. The summed E-state index contributed by atoms with van der Waals surface area (Å²) in [5.74, 6) is 0.695. The molecule has 0 aliphatic heterocycles. The van der Waals surface area contributed by atoms with Crippen molar-refractivity contribution in [3.05, 3.63) is 11.9 Å². The zero-order chi connectivity index (χ0) is 14.1. The Morgan fingerprint density at radius 2 is 1.89 bits per heavy atom. The molecule has 0 aliphatic rings. The SMILES string of the molecule is CCCCCCCCC(O)c1c(OC)cnn1CC. The summed E-state index contributed by atoms with van der Waals surface area (Å²) in [5, 5.41) is 14.5. The summed E-state index contributed by atoms with van der Waals surface area (Å²) in [6.45, 7) is 5.00. The van der Waals surface area contributed by atoms with E-state index in [9.17, 15) is 5.11 Å². The summed E-state index contributed by atoms with van der Waals surface area (Å²) in [5.41, 5.74) is 0.818. The van der Waals surface area contributed by atoms with Crippen LogP contribution in [0, 0.1) is 0 Å². The van der Waals surface area contributed by atoms with Crippen LogP contribution in [0.3, 0.4) is 0 Å². The molecule has 1 aromatic heterocycles. The van der Waals surface area contributed by atoms with E-state index < -0.39 is 6.10 Å². The fraction of sp³-hybridized carbons (Fsp3) is 0.800. The average molecular weight is 268 g/mol. The van der Waals surface area contributed by atoms with Gasteiger partial charge in [-0.05, 0) is 13.3 Å². The first-order chi connectivity index (χ1) is 9.24. The first-order valence-corrected chi connectivity index (χ1v) is 7.52. The molecule has 110 valence electrons. The molecule has 1 heterocycles. The number of nitrogens with zero attached hydrogens (tertiary/aromatic N) is 2. The highest BCUT2D eigenvalue weighted by Gasteiger charge is 2.18. The summed E-state index contributed by atoms with van der Waals surface area (Å²) in [4.78, 5) is 0. The molecule has 0 aromatic carbocycles. The molecule has 1 unspecified atom stereocenters. The minimum absolute atomic E-state index is 0.469. The van der Waals surface area contributed by atoms with Crippen molar-refractivity contribution in [2.24, 2.45) is 0 Å².